The van der Waals surface area contributed by atoms with E-state index in [2.05, 4.69) is 28.9 Å². The van der Waals surface area contributed by atoms with Crippen LogP contribution in [0.25, 0.3) is 0 Å². The van der Waals surface area contributed by atoms with E-state index in [1.54, 1.807) is 17.8 Å². The van der Waals surface area contributed by atoms with E-state index in [-0.39, 0.29) is 17.6 Å². The Labute approximate surface area is 140 Å². The molecule has 3 rings (SSSR count). The normalized spacial score (nSPS) is 17.7. The van der Waals surface area contributed by atoms with Crippen LogP contribution in [0.5, 0.6) is 0 Å². The standard InChI is InChI=1S/C17H23N5O2/c1-11(2)9-12-10-15(21(3)20-12)16(23)22-8-4-5-14(22)13-6-7-18-17(24)19-13/h6-7,10-11,14H,4-5,8-9H2,1-3H3,(H,18,19,24)/t14-/m0/s1. The van der Waals surface area contributed by atoms with Gasteiger partial charge in [0.15, 0.2) is 0 Å². The van der Waals surface area contributed by atoms with Crippen LogP contribution >= 0.6 is 0 Å². The molecule has 7 nitrogen and oxygen atoms in total. The molecular weight excluding hydrogens is 306 g/mol. The average Bonchev–Trinajstić information content (AvgIpc) is 3.13. The molecule has 0 unspecified atom stereocenters. The first kappa shape index (κ1) is 16.4. The Balaban J connectivity index is 1.86. The van der Waals surface area contributed by atoms with Crippen molar-refractivity contribution in [1.29, 1.82) is 0 Å². The Bertz CT molecular complexity index is 792. The smallest absolute Gasteiger partial charge is 0.329 e. The monoisotopic (exact) mass is 329 g/mol. The van der Waals surface area contributed by atoms with Crippen LogP contribution in [0.4, 0.5) is 0 Å². The van der Waals surface area contributed by atoms with Gasteiger partial charge in [0.25, 0.3) is 5.91 Å². The van der Waals surface area contributed by atoms with Crippen molar-refractivity contribution in [2.75, 3.05) is 6.54 Å². The molecule has 1 fully saturated rings. The third-order valence-corrected chi connectivity index (χ3v) is 4.34. The molecular formula is C17H23N5O2. The highest BCUT2D eigenvalue weighted by atomic mass is 16.2. The van der Waals surface area contributed by atoms with Crippen LogP contribution in [0, 0.1) is 5.92 Å². The lowest BCUT2D eigenvalue weighted by molar-refractivity contribution is 0.0721. The lowest BCUT2D eigenvalue weighted by atomic mass is 10.1. The molecule has 0 aliphatic carbocycles. The first-order chi connectivity index (χ1) is 11.5. The Hall–Kier alpha value is -2.44. The Morgan fingerprint density at radius 2 is 2.25 bits per heavy atom. The summed E-state index contributed by atoms with van der Waals surface area (Å²) in [5, 5.41) is 4.46. The number of hydrogen-bond donors (Lipinski definition) is 1. The summed E-state index contributed by atoms with van der Waals surface area (Å²) in [6.07, 6.45) is 4.09. The van der Waals surface area contributed by atoms with Crippen LogP contribution in [0.2, 0.25) is 0 Å². The van der Waals surface area contributed by atoms with Gasteiger partial charge < -0.3 is 9.88 Å². The van der Waals surface area contributed by atoms with Crippen molar-refractivity contribution in [3.8, 4) is 0 Å². The number of aryl methyl sites for hydroxylation is 1. The molecule has 1 N–H and O–H groups in total. The molecule has 0 radical (unpaired) electrons. The molecule has 1 aliphatic heterocycles. The second-order valence-corrected chi connectivity index (χ2v) is 6.73. The first-order valence-electron chi connectivity index (χ1n) is 8.35. The molecule has 0 bridgehead atoms. The number of carbonyl (C=O) groups excluding carboxylic acids is 1. The summed E-state index contributed by atoms with van der Waals surface area (Å²) in [4.78, 5) is 32.7. The summed E-state index contributed by atoms with van der Waals surface area (Å²) < 4.78 is 1.66. The summed E-state index contributed by atoms with van der Waals surface area (Å²) >= 11 is 0. The minimum Gasteiger partial charge on any atom is -0.329 e. The van der Waals surface area contributed by atoms with Crippen LogP contribution in [0.15, 0.2) is 23.1 Å². The predicted octanol–water partition coefficient (Wildman–Crippen LogP) is 1.68. The summed E-state index contributed by atoms with van der Waals surface area (Å²) in [7, 11) is 1.80. The molecule has 0 saturated carbocycles. The van der Waals surface area contributed by atoms with Crippen LogP contribution in [-0.4, -0.2) is 37.1 Å². The number of nitrogens with zero attached hydrogens (tertiary/aromatic N) is 4. The maximum Gasteiger partial charge on any atom is 0.345 e. The Morgan fingerprint density at radius 3 is 2.96 bits per heavy atom. The van der Waals surface area contributed by atoms with Crippen LogP contribution < -0.4 is 5.69 Å². The molecule has 1 aliphatic rings. The molecule has 1 amide bonds. The number of hydrogen-bond acceptors (Lipinski definition) is 4. The number of aromatic amines is 1. The molecule has 2 aromatic rings. The van der Waals surface area contributed by atoms with Gasteiger partial charge in [-0.3, -0.25) is 9.48 Å². The zero-order valence-corrected chi connectivity index (χ0v) is 14.3. The number of H-pyrrole nitrogens is 1. The minimum absolute atomic E-state index is 0.0415. The van der Waals surface area contributed by atoms with E-state index in [4.69, 9.17) is 0 Å². The molecule has 0 aromatic carbocycles. The molecule has 7 heteroatoms. The fourth-order valence-corrected chi connectivity index (χ4v) is 3.30. The number of amides is 1. The highest BCUT2D eigenvalue weighted by Gasteiger charge is 2.32. The van der Waals surface area contributed by atoms with Crippen molar-refractivity contribution in [3.63, 3.8) is 0 Å². The van der Waals surface area contributed by atoms with Crippen molar-refractivity contribution < 1.29 is 4.79 Å². The summed E-state index contributed by atoms with van der Waals surface area (Å²) in [6.45, 7) is 4.94. The average molecular weight is 329 g/mol. The van der Waals surface area contributed by atoms with Crippen LogP contribution in [0.3, 0.4) is 0 Å². The van der Waals surface area contributed by atoms with Gasteiger partial charge in [-0.2, -0.15) is 5.10 Å². The predicted molar refractivity (Wildman–Crippen MR) is 89.6 cm³/mol. The minimum atomic E-state index is -0.383. The zero-order valence-electron chi connectivity index (χ0n) is 14.3. The number of aromatic nitrogens is 4. The number of rotatable bonds is 4. The molecule has 0 spiro atoms. The van der Waals surface area contributed by atoms with E-state index < -0.39 is 0 Å². The second kappa shape index (κ2) is 6.59. The molecule has 24 heavy (non-hydrogen) atoms. The Morgan fingerprint density at radius 1 is 1.46 bits per heavy atom. The lowest BCUT2D eigenvalue weighted by Crippen LogP contribution is -2.33. The van der Waals surface area contributed by atoms with Gasteiger partial charge in [-0.25, -0.2) is 9.78 Å². The number of carbonyl (C=O) groups is 1. The zero-order chi connectivity index (χ0) is 17.3. The van der Waals surface area contributed by atoms with E-state index in [1.807, 2.05) is 11.0 Å². The molecule has 2 aromatic heterocycles. The van der Waals surface area contributed by atoms with E-state index in [9.17, 15) is 9.59 Å². The maximum absolute atomic E-state index is 13.0. The van der Waals surface area contributed by atoms with Gasteiger partial charge >= 0.3 is 5.69 Å². The van der Waals surface area contributed by atoms with Gasteiger partial charge in [-0.15, -0.1) is 0 Å². The molecule has 3 heterocycles. The van der Waals surface area contributed by atoms with Gasteiger partial charge in [0, 0.05) is 25.5 Å². The SMILES string of the molecule is CC(C)Cc1cc(C(=O)N2CCC[C@H]2c2ccnc(=O)[nH]2)n(C)n1. The second-order valence-electron chi connectivity index (χ2n) is 6.73. The topological polar surface area (TPSA) is 83.9 Å². The third-order valence-electron chi connectivity index (χ3n) is 4.34. The highest BCUT2D eigenvalue weighted by molar-refractivity contribution is 5.93. The van der Waals surface area contributed by atoms with Gasteiger partial charge in [-0.1, -0.05) is 13.8 Å². The fourth-order valence-electron chi connectivity index (χ4n) is 3.30. The van der Waals surface area contributed by atoms with Crippen molar-refractivity contribution in [3.05, 3.63) is 45.9 Å². The Kier molecular flexibility index (Phi) is 4.51. The highest BCUT2D eigenvalue weighted by Crippen LogP contribution is 2.31. The largest absolute Gasteiger partial charge is 0.345 e. The third kappa shape index (κ3) is 3.25. The van der Waals surface area contributed by atoms with E-state index in [0.717, 1.165) is 30.7 Å². The summed E-state index contributed by atoms with van der Waals surface area (Å²) in [6, 6.07) is 3.54. The summed E-state index contributed by atoms with van der Waals surface area (Å²) in [5.74, 6) is 0.449. The first-order valence-corrected chi connectivity index (χ1v) is 8.35. The number of likely N-dealkylation sites (tertiary alicyclic amines) is 1. The fraction of sp³-hybridized carbons (Fsp3) is 0.529. The van der Waals surface area contributed by atoms with Gasteiger partial charge in [0.05, 0.1) is 11.7 Å². The maximum atomic E-state index is 13.0. The quantitative estimate of drug-likeness (QED) is 0.925. The van der Waals surface area contributed by atoms with Crippen molar-refractivity contribution in [2.24, 2.45) is 13.0 Å². The number of nitrogens with one attached hydrogen (secondary N) is 1. The van der Waals surface area contributed by atoms with E-state index >= 15 is 0 Å². The van der Waals surface area contributed by atoms with E-state index in [1.165, 1.54) is 6.20 Å². The lowest BCUT2D eigenvalue weighted by Gasteiger charge is -2.24. The van der Waals surface area contributed by atoms with Crippen molar-refractivity contribution in [2.45, 2.75) is 39.2 Å². The van der Waals surface area contributed by atoms with Gasteiger partial charge in [-0.05, 0) is 37.3 Å². The molecule has 1 saturated heterocycles. The van der Waals surface area contributed by atoms with Crippen molar-refractivity contribution >= 4 is 5.91 Å². The van der Waals surface area contributed by atoms with Crippen molar-refractivity contribution in [1.82, 2.24) is 24.6 Å². The summed E-state index contributed by atoms with van der Waals surface area (Å²) in [5.41, 5.74) is 1.88. The van der Waals surface area contributed by atoms with E-state index in [0.29, 0.717) is 18.2 Å². The van der Waals surface area contributed by atoms with Gasteiger partial charge in [0.2, 0.25) is 0 Å². The molecule has 1 atom stereocenters. The molecule has 128 valence electrons. The van der Waals surface area contributed by atoms with Crippen LogP contribution in [-0.2, 0) is 13.5 Å². The van der Waals surface area contributed by atoms with Gasteiger partial charge in [0.1, 0.15) is 5.69 Å². The van der Waals surface area contributed by atoms with Crippen LogP contribution in [0.1, 0.15) is 54.6 Å².